The van der Waals surface area contributed by atoms with Crippen LogP contribution in [0.1, 0.15) is 103 Å². The molecule has 12 amide bonds. The van der Waals surface area contributed by atoms with E-state index in [1.54, 1.807) is 71.9 Å². The van der Waals surface area contributed by atoms with Gasteiger partial charge < -0.3 is 95.4 Å². The van der Waals surface area contributed by atoms with Gasteiger partial charge >= 0.3 is 11.9 Å². The number of aromatic amines is 1. The number of carbonyl (C=O) groups excluding carboxylic acids is 12. The SMILES string of the molecule is CC(C)C[C@@H]1NC(=O)[C@H](Cc2ccc(O)cc2)NC(=O)[C@H](CC(=O)O)NC(=O)[C@H](Cc2ccc(O)cc2)NC(=O)[C@H](CC(N)=O)NC(=O)[C@H](Cc2cnc[nH]2)NC(=O)[C@H](C)NC(=O)[C@H](Cc2ccccc2)NC(=O)[C@H](C(C)C)NC(=O)[C@@H](N)C/C=C/C[C@@H](C(=O)O)NC(=O)[C@H](C(C)C)NC1=O. The van der Waals surface area contributed by atoms with Crippen LogP contribution < -0.4 is 70.0 Å². The molecule has 12 atom stereocenters. The van der Waals surface area contributed by atoms with Crippen molar-refractivity contribution in [2.24, 2.45) is 29.2 Å². The number of rotatable bonds is 17. The summed E-state index contributed by atoms with van der Waals surface area (Å²) >= 11 is 0. The number of imidazole rings is 1. The van der Waals surface area contributed by atoms with E-state index in [2.05, 4.69) is 68.5 Å². The highest BCUT2D eigenvalue weighted by atomic mass is 16.4. The number of aromatic hydroxyl groups is 2. The Hall–Kier alpha value is -11.2. The fraction of sp³-hybridized carbons (Fsp3) is 0.456. The molecule has 0 bridgehead atoms. The summed E-state index contributed by atoms with van der Waals surface area (Å²) < 4.78 is 0. The number of aromatic nitrogens is 2. The number of aliphatic carboxylic acids is 2. The number of nitrogens with zero attached hydrogens (tertiary/aromatic N) is 1. The van der Waals surface area contributed by atoms with Crippen molar-refractivity contribution in [1.82, 2.24) is 68.5 Å². The molecule has 0 radical (unpaired) electrons. The molecule has 1 aromatic heterocycles. The summed E-state index contributed by atoms with van der Waals surface area (Å²) in [5.74, 6) is -17.8. The van der Waals surface area contributed by atoms with E-state index in [9.17, 15) is 87.5 Å². The van der Waals surface area contributed by atoms with E-state index in [0.717, 1.165) is 0 Å². The molecule has 0 saturated carbocycles. The van der Waals surface area contributed by atoms with Gasteiger partial charge in [-0.3, -0.25) is 62.3 Å². The average molecular weight is 1410 g/mol. The maximum Gasteiger partial charge on any atom is 0.326 e. The first kappa shape index (κ1) is 80.4. The zero-order chi connectivity index (χ0) is 74.8. The van der Waals surface area contributed by atoms with Crippen molar-refractivity contribution < 1.29 is 87.5 Å². The third-order valence-electron chi connectivity index (χ3n) is 16.1. The fourth-order valence-electron chi connectivity index (χ4n) is 10.5. The summed E-state index contributed by atoms with van der Waals surface area (Å²) in [6, 6.07) is -0.381. The van der Waals surface area contributed by atoms with Gasteiger partial charge in [-0.2, -0.15) is 0 Å². The van der Waals surface area contributed by atoms with Crippen LogP contribution >= 0.6 is 0 Å². The Morgan fingerprint density at radius 1 is 0.465 bits per heavy atom. The van der Waals surface area contributed by atoms with Crippen molar-refractivity contribution in [3.63, 3.8) is 0 Å². The first-order valence-electron chi connectivity index (χ1n) is 32.7. The molecule has 1 aliphatic heterocycles. The number of carbonyl (C=O) groups is 14. The van der Waals surface area contributed by atoms with Crippen LogP contribution in [0, 0.1) is 17.8 Å². The van der Waals surface area contributed by atoms with Crippen LogP contribution in [-0.2, 0) is 92.8 Å². The second-order valence-corrected chi connectivity index (χ2v) is 25.7. The second kappa shape index (κ2) is 38.8. The lowest BCUT2D eigenvalue weighted by Gasteiger charge is -2.29. The number of phenolic OH excluding ortho intramolecular Hbond substituents is 2. The number of H-pyrrole nitrogens is 1. The topological polar surface area (TPSA) is 533 Å². The van der Waals surface area contributed by atoms with Crippen molar-refractivity contribution in [2.75, 3.05) is 0 Å². The molecule has 0 aliphatic carbocycles. The summed E-state index contributed by atoms with van der Waals surface area (Å²) in [7, 11) is 0. The van der Waals surface area contributed by atoms with Crippen molar-refractivity contribution in [3.05, 3.63) is 126 Å². The number of phenols is 2. The molecule has 2 heterocycles. The maximum atomic E-state index is 14.7. The largest absolute Gasteiger partial charge is 0.508 e. The van der Waals surface area contributed by atoms with Crippen molar-refractivity contribution >= 4 is 82.8 Å². The van der Waals surface area contributed by atoms with Gasteiger partial charge in [0.25, 0.3) is 0 Å². The highest BCUT2D eigenvalue weighted by Crippen LogP contribution is 2.17. The average Bonchev–Trinajstić information content (AvgIpc) is 1.32. The Morgan fingerprint density at radius 3 is 1.32 bits per heavy atom. The number of primary amides is 1. The zero-order valence-corrected chi connectivity index (χ0v) is 56.9. The molecule has 20 N–H and O–H groups in total. The minimum Gasteiger partial charge on any atom is -0.508 e. The Bertz CT molecular complexity index is 3590. The molecule has 0 fully saturated rings. The van der Waals surface area contributed by atoms with Crippen LogP contribution in [0.25, 0.3) is 0 Å². The number of carboxylic acids is 2. The van der Waals surface area contributed by atoms with Crippen molar-refractivity contribution in [1.29, 1.82) is 0 Å². The predicted molar refractivity (Wildman–Crippen MR) is 362 cm³/mol. The van der Waals surface area contributed by atoms with Gasteiger partial charge in [0.2, 0.25) is 70.9 Å². The van der Waals surface area contributed by atoms with E-state index in [1.807, 2.05) is 0 Å². The van der Waals surface area contributed by atoms with Gasteiger partial charge in [-0.1, -0.05) is 108 Å². The molecule has 33 nitrogen and oxygen atoms in total. The lowest BCUT2D eigenvalue weighted by molar-refractivity contribution is -0.143. The second-order valence-electron chi connectivity index (χ2n) is 25.7. The lowest BCUT2D eigenvalue weighted by atomic mass is 9.98. The number of hydrogen-bond acceptors (Lipinski definition) is 18. The fourth-order valence-corrected chi connectivity index (χ4v) is 10.5. The van der Waals surface area contributed by atoms with E-state index in [4.69, 9.17) is 11.5 Å². The molecule has 4 aromatic rings. The smallest absolute Gasteiger partial charge is 0.326 e. The van der Waals surface area contributed by atoms with Gasteiger partial charge in [0.15, 0.2) is 0 Å². The van der Waals surface area contributed by atoms with Crippen molar-refractivity contribution in [3.8, 4) is 11.5 Å². The van der Waals surface area contributed by atoms with Gasteiger partial charge in [0.05, 0.1) is 25.2 Å². The van der Waals surface area contributed by atoms with Crippen LogP contribution in [0.3, 0.4) is 0 Å². The minimum absolute atomic E-state index is 0.0940. The molecule has 3 aromatic carbocycles. The summed E-state index contributed by atoms with van der Waals surface area (Å²) in [6.07, 6.45) is 1.13. The summed E-state index contributed by atoms with van der Waals surface area (Å²) in [5, 5.41) is 68.2. The Labute approximate surface area is 582 Å². The normalized spacial score (nSPS) is 24.8. The number of hydrogen-bond donors (Lipinski definition) is 18. The Morgan fingerprint density at radius 2 is 0.861 bits per heavy atom. The predicted octanol–water partition coefficient (Wildman–Crippen LogP) is -2.09. The number of amides is 12. The van der Waals surface area contributed by atoms with E-state index in [0.29, 0.717) is 11.1 Å². The van der Waals surface area contributed by atoms with Gasteiger partial charge in [0, 0.05) is 37.6 Å². The highest BCUT2D eigenvalue weighted by molar-refractivity contribution is 6.01. The standard InChI is InChI=1S/C68H91N15O18/c1-34(2)25-46-65(97)83-56(36(5)6)66(98)74-45(68(100)101)16-12-11-15-44(69)58(90)82-55(35(3)4)67(99)81-47(26-38-13-9-8-10-14-38)59(91)73-37(7)57(89)75-50(29-41-32-71-33-72-41)62(94)79-51(30-53(70)86)63(95)77-49(28-40-19-23-43(85)24-20-40)61(93)80-52(31-54(87)88)64(96)78-48(60(92)76-46)27-39-17-21-42(84)22-18-39/h8-14,17-24,32-37,44-52,55-56,84-85H,15-16,25-31,69H2,1-7H3,(H2,70,86)(H,71,72)(H,73,91)(H,74,98)(H,75,89)(H,76,92)(H,77,95)(H,78,96)(H,79,94)(H,80,93)(H,81,99)(H,82,90)(H,83,97)(H,87,88)(H,100,101)/b12-11+/t37-,44-,45-,46-,47-,48-,49-,50-,51-,52-,55-,56-/m0/s1. The number of nitrogens with one attached hydrogen (secondary N) is 12. The van der Waals surface area contributed by atoms with Crippen LogP contribution in [0.5, 0.6) is 11.5 Å². The first-order valence-corrected chi connectivity index (χ1v) is 32.7. The van der Waals surface area contributed by atoms with Gasteiger partial charge in [-0.15, -0.1) is 0 Å². The summed E-state index contributed by atoms with van der Waals surface area (Å²) in [5.41, 5.74) is 13.3. The van der Waals surface area contributed by atoms with E-state index < -0.39 is 193 Å². The quantitative estimate of drug-likeness (QED) is 0.0504. The van der Waals surface area contributed by atoms with E-state index in [1.165, 1.54) is 80.1 Å². The van der Waals surface area contributed by atoms with E-state index in [-0.39, 0.29) is 60.8 Å². The van der Waals surface area contributed by atoms with Crippen LogP contribution in [-0.4, -0.2) is 186 Å². The zero-order valence-electron chi connectivity index (χ0n) is 56.9. The van der Waals surface area contributed by atoms with Crippen molar-refractivity contribution in [2.45, 2.75) is 179 Å². The van der Waals surface area contributed by atoms with Crippen LogP contribution in [0.15, 0.2) is 104 Å². The summed E-state index contributed by atoms with van der Waals surface area (Å²) in [4.78, 5) is 202. The molecule has 0 spiro atoms. The third-order valence-corrected chi connectivity index (χ3v) is 16.1. The summed E-state index contributed by atoms with van der Waals surface area (Å²) in [6.45, 7) is 11.0. The van der Waals surface area contributed by atoms with Crippen LogP contribution in [0.4, 0.5) is 0 Å². The minimum atomic E-state index is -2.07. The molecule has 546 valence electrons. The molecule has 1 aliphatic rings. The number of nitrogens with two attached hydrogens (primary N) is 2. The third kappa shape index (κ3) is 26.5. The Balaban J connectivity index is 1.60. The monoisotopic (exact) mass is 1410 g/mol. The first-order chi connectivity index (χ1) is 47.7. The van der Waals surface area contributed by atoms with Gasteiger partial charge in [-0.25, -0.2) is 9.78 Å². The lowest BCUT2D eigenvalue weighted by Crippen LogP contribution is -2.62. The molecule has 0 unspecified atom stereocenters. The Kier molecular flexibility index (Phi) is 30.9. The van der Waals surface area contributed by atoms with Crippen LogP contribution in [0.2, 0.25) is 0 Å². The number of carboxylic acid groups (broad SMARTS) is 2. The number of benzene rings is 3. The molecule has 33 heteroatoms. The van der Waals surface area contributed by atoms with Gasteiger partial charge in [-0.05, 0) is 84.9 Å². The molecule has 101 heavy (non-hydrogen) atoms. The molecular weight excluding hydrogens is 1310 g/mol. The van der Waals surface area contributed by atoms with E-state index >= 15 is 0 Å². The van der Waals surface area contributed by atoms with Gasteiger partial charge in [0.1, 0.15) is 78.0 Å². The highest BCUT2D eigenvalue weighted by Gasteiger charge is 2.38. The molecule has 5 rings (SSSR count). The maximum absolute atomic E-state index is 14.7. The molecule has 0 saturated heterocycles. The molecular formula is C68H91N15O18.